The quantitative estimate of drug-likeness (QED) is 0.896. The first-order chi connectivity index (χ1) is 8.48. The molecule has 1 N–H and O–H groups in total. The van der Waals surface area contributed by atoms with E-state index in [-0.39, 0.29) is 5.88 Å². The highest BCUT2D eigenvalue weighted by Crippen LogP contribution is 2.31. The molecule has 1 amide bonds. The summed E-state index contributed by atoms with van der Waals surface area (Å²) >= 11 is 0. The van der Waals surface area contributed by atoms with E-state index in [4.69, 9.17) is 0 Å². The fraction of sp³-hybridized carbons (Fsp3) is 0.100. The second-order valence-corrected chi connectivity index (χ2v) is 3.25. The molecule has 2 rings (SSSR count). The Balaban J connectivity index is 2.31. The van der Waals surface area contributed by atoms with Gasteiger partial charge in [0.05, 0.1) is 17.3 Å². The Bertz CT molecular complexity index is 552. The number of nitrogens with zero attached hydrogens (tertiary/aromatic N) is 2. The number of amides is 1. The number of hydrogen-bond acceptors (Lipinski definition) is 4. The molecule has 0 aromatic carbocycles. The molecule has 0 aliphatic carbocycles. The number of hydrogen-bond donors (Lipinski definition) is 1. The van der Waals surface area contributed by atoms with Crippen molar-refractivity contribution in [2.24, 2.45) is 0 Å². The Morgan fingerprint density at radius 3 is 2.67 bits per heavy atom. The van der Waals surface area contributed by atoms with Crippen molar-refractivity contribution < 1.29 is 22.5 Å². The Hall–Kier alpha value is -2.38. The van der Waals surface area contributed by atoms with E-state index in [1.165, 1.54) is 12.3 Å². The van der Waals surface area contributed by atoms with Crippen LogP contribution in [-0.2, 0) is 6.18 Å². The van der Waals surface area contributed by atoms with Crippen LogP contribution in [0.25, 0.3) is 0 Å². The Morgan fingerprint density at radius 2 is 2.06 bits per heavy atom. The van der Waals surface area contributed by atoms with Crippen LogP contribution in [0.3, 0.4) is 0 Å². The van der Waals surface area contributed by atoms with Crippen LogP contribution in [-0.4, -0.2) is 16.0 Å². The van der Waals surface area contributed by atoms with Gasteiger partial charge in [0.1, 0.15) is 0 Å². The molecule has 5 nitrogen and oxygen atoms in total. The van der Waals surface area contributed by atoms with Gasteiger partial charge in [-0.05, 0) is 6.07 Å². The fourth-order valence-electron chi connectivity index (χ4n) is 1.28. The van der Waals surface area contributed by atoms with Crippen molar-refractivity contribution in [2.75, 3.05) is 5.32 Å². The maximum Gasteiger partial charge on any atom is 0.417 e. The van der Waals surface area contributed by atoms with Gasteiger partial charge >= 0.3 is 6.18 Å². The van der Waals surface area contributed by atoms with Crippen LogP contribution in [0.15, 0.2) is 35.2 Å². The second-order valence-electron chi connectivity index (χ2n) is 3.25. The van der Waals surface area contributed by atoms with E-state index in [0.717, 1.165) is 18.5 Å². The largest absolute Gasteiger partial charge is 0.417 e. The average molecular weight is 257 g/mol. The van der Waals surface area contributed by atoms with E-state index in [0.29, 0.717) is 0 Å². The molecule has 0 atom stereocenters. The van der Waals surface area contributed by atoms with Crippen molar-refractivity contribution in [1.82, 2.24) is 10.1 Å². The summed E-state index contributed by atoms with van der Waals surface area (Å²) in [5, 5.41) is 5.46. The number of aromatic nitrogens is 2. The Kier molecular flexibility index (Phi) is 3.00. The van der Waals surface area contributed by atoms with Crippen LogP contribution in [0, 0.1) is 0 Å². The second kappa shape index (κ2) is 4.47. The lowest BCUT2D eigenvalue weighted by Gasteiger charge is -2.10. The summed E-state index contributed by atoms with van der Waals surface area (Å²) in [4.78, 5) is 15.1. The van der Waals surface area contributed by atoms with Crippen molar-refractivity contribution in [1.29, 1.82) is 0 Å². The van der Waals surface area contributed by atoms with Gasteiger partial charge in [0, 0.05) is 18.5 Å². The summed E-state index contributed by atoms with van der Waals surface area (Å²) in [7, 11) is 0. The smallest absolute Gasteiger partial charge is 0.338 e. The van der Waals surface area contributed by atoms with E-state index in [1.54, 1.807) is 0 Å². The molecule has 0 saturated heterocycles. The Labute approximate surface area is 98.6 Å². The molecule has 0 bridgehead atoms. The van der Waals surface area contributed by atoms with Crippen molar-refractivity contribution in [3.05, 3.63) is 41.9 Å². The van der Waals surface area contributed by atoms with Gasteiger partial charge in [-0.15, -0.1) is 0 Å². The van der Waals surface area contributed by atoms with E-state index >= 15 is 0 Å². The van der Waals surface area contributed by atoms with Crippen molar-refractivity contribution in [2.45, 2.75) is 6.18 Å². The van der Waals surface area contributed by atoms with Gasteiger partial charge in [-0.1, -0.05) is 5.16 Å². The molecule has 0 aliphatic heterocycles. The summed E-state index contributed by atoms with van der Waals surface area (Å²) in [6.45, 7) is 0. The highest BCUT2D eigenvalue weighted by molar-refractivity contribution is 6.04. The minimum atomic E-state index is -4.63. The van der Waals surface area contributed by atoms with Crippen LogP contribution < -0.4 is 5.32 Å². The third-order valence-corrected chi connectivity index (χ3v) is 2.05. The Morgan fingerprint density at radius 1 is 1.28 bits per heavy atom. The zero-order valence-electron chi connectivity index (χ0n) is 8.73. The van der Waals surface area contributed by atoms with Gasteiger partial charge in [-0.25, -0.2) is 0 Å². The molecule has 18 heavy (non-hydrogen) atoms. The normalized spacial score (nSPS) is 11.3. The number of halogens is 3. The monoisotopic (exact) mass is 257 g/mol. The minimum Gasteiger partial charge on any atom is -0.338 e. The maximum atomic E-state index is 12.6. The lowest BCUT2D eigenvalue weighted by Crippen LogP contribution is -2.18. The topological polar surface area (TPSA) is 68.0 Å². The highest BCUT2D eigenvalue weighted by atomic mass is 19.4. The number of rotatable bonds is 2. The van der Waals surface area contributed by atoms with Crippen molar-refractivity contribution in [3.8, 4) is 0 Å². The average Bonchev–Trinajstić information content (AvgIpc) is 2.80. The summed E-state index contributed by atoms with van der Waals surface area (Å²) < 4.78 is 42.5. The van der Waals surface area contributed by atoms with Gasteiger partial charge in [0.2, 0.25) is 5.88 Å². The lowest BCUT2D eigenvalue weighted by molar-refractivity contribution is -0.138. The van der Waals surface area contributed by atoms with Crippen LogP contribution in [0.4, 0.5) is 19.1 Å². The standard InChI is InChI=1S/C10H6F3N3O2/c11-10(12,13)7-1-3-14-5-6(7)9(17)16-8-2-4-15-18-8/h1-5H,(H,16,17). The third kappa shape index (κ3) is 2.47. The number of carbonyl (C=O) groups excluding carboxylic acids is 1. The van der Waals surface area contributed by atoms with Crippen LogP contribution >= 0.6 is 0 Å². The lowest BCUT2D eigenvalue weighted by atomic mass is 10.1. The zero-order valence-corrected chi connectivity index (χ0v) is 8.73. The molecule has 0 saturated carbocycles. The first kappa shape index (κ1) is 12.1. The molecule has 0 aliphatic rings. The van der Waals surface area contributed by atoms with Gasteiger partial charge in [-0.3, -0.25) is 15.1 Å². The number of carbonyl (C=O) groups is 1. The molecule has 2 aromatic heterocycles. The first-order valence-electron chi connectivity index (χ1n) is 4.72. The minimum absolute atomic E-state index is 0.0445. The number of anilines is 1. The maximum absolute atomic E-state index is 12.6. The molecule has 0 radical (unpaired) electrons. The molecular weight excluding hydrogens is 251 g/mol. The SMILES string of the molecule is O=C(Nc1ccno1)c1cnccc1C(F)(F)F. The highest BCUT2D eigenvalue weighted by Gasteiger charge is 2.35. The van der Waals surface area contributed by atoms with Gasteiger partial charge in [0.15, 0.2) is 0 Å². The predicted octanol–water partition coefficient (Wildman–Crippen LogP) is 2.34. The molecule has 0 fully saturated rings. The van der Waals surface area contributed by atoms with E-state index in [9.17, 15) is 18.0 Å². The van der Waals surface area contributed by atoms with Crippen molar-refractivity contribution >= 4 is 11.8 Å². The summed E-state index contributed by atoms with van der Waals surface area (Å²) in [6.07, 6.45) is -1.57. The molecule has 2 heterocycles. The molecule has 0 spiro atoms. The summed E-state index contributed by atoms with van der Waals surface area (Å²) in [6, 6.07) is 2.04. The van der Waals surface area contributed by atoms with Gasteiger partial charge in [0.25, 0.3) is 5.91 Å². The molecular formula is C10H6F3N3O2. The van der Waals surface area contributed by atoms with Gasteiger partial charge < -0.3 is 4.52 Å². The summed E-state index contributed by atoms with van der Waals surface area (Å²) in [5.74, 6) is -1.01. The number of alkyl halides is 3. The van der Waals surface area contributed by atoms with E-state index in [2.05, 4.69) is 20.0 Å². The summed E-state index contributed by atoms with van der Waals surface area (Å²) in [5.41, 5.74) is -1.64. The van der Waals surface area contributed by atoms with Crippen LogP contribution in [0.2, 0.25) is 0 Å². The number of pyridine rings is 1. The van der Waals surface area contributed by atoms with Crippen LogP contribution in [0.5, 0.6) is 0 Å². The third-order valence-electron chi connectivity index (χ3n) is 2.05. The van der Waals surface area contributed by atoms with Crippen LogP contribution in [0.1, 0.15) is 15.9 Å². The van der Waals surface area contributed by atoms with E-state index < -0.39 is 23.2 Å². The van der Waals surface area contributed by atoms with Crippen molar-refractivity contribution in [3.63, 3.8) is 0 Å². The first-order valence-corrected chi connectivity index (χ1v) is 4.72. The molecule has 2 aromatic rings. The van der Waals surface area contributed by atoms with E-state index in [1.807, 2.05) is 0 Å². The predicted molar refractivity (Wildman–Crippen MR) is 53.7 cm³/mol. The number of nitrogens with one attached hydrogen (secondary N) is 1. The van der Waals surface area contributed by atoms with Gasteiger partial charge in [-0.2, -0.15) is 13.2 Å². The molecule has 0 unspecified atom stereocenters. The molecule has 94 valence electrons. The molecule has 8 heteroatoms. The zero-order chi connectivity index (χ0) is 13.2. The fourth-order valence-corrected chi connectivity index (χ4v) is 1.28.